The third-order valence-corrected chi connectivity index (χ3v) is 4.24. The molecule has 0 bridgehead atoms. The molecule has 0 unspecified atom stereocenters. The average molecular weight is 364 g/mol. The minimum atomic E-state index is -0.432. The predicted octanol–water partition coefficient (Wildman–Crippen LogP) is 2.20. The van der Waals surface area contributed by atoms with Gasteiger partial charge in [0, 0.05) is 24.2 Å². The summed E-state index contributed by atoms with van der Waals surface area (Å²) in [5, 5.41) is 22.7. The fourth-order valence-corrected chi connectivity index (χ4v) is 2.90. The maximum Gasteiger partial charge on any atom is 0.269 e. The summed E-state index contributed by atoms with van der Waals surface area (Å²) in [5.41, 5.74) is 2.96. The molecule has 0 fully saturated rings. The largest absolute Gasteiger partial charge is 0.497 e. The van der Waals surface area contributed by atoms with Crippen molar-refractivity contribution in [3.05, 3.63) is 64.3 Å². The van der Waals surface area contributed by atoms with E-state index in [1.54, 1.807) is 23.9 Å². The minimum absolute atomic E-state index is 0.0203. The summed E-state index contributed by atoms with van der Waals surface area (Å²) in [6.07, 6.45) is 0. The Hall–Kier alpha value is -3.75. The molecular formula is C18H16N6O3. The van der Waals surface area contributed by atoms with E-state index in [9.17, 15) is 10.1 Å². The third kappa shape index (κ3) is 3.10. The number of rotatable bonds is 5. The number of nitro benzene ring substituents is 1. The molecule has 9 nitrogen and oxygen atoms in total. The second-order valence-corrected chi connectivity index (χ2v) is 5.86. The zero-order valence-electron chi connectivity index (χ0n) is 14.5. The SMILES string of the molecule is COc1ccc(-c2c(C3=NCCN3)nnn2-c2ccc([N+](=O)[O-])cc2)cc1. The van der Waals surface area contributed by atoms with Crippen molar-refractivity contribution >= 4 is 11.5 Å². The van der Waals surface area contributed by atoms with E-state index in [0.29, 0.717) is 23.8 Å². The number of nitrogens with zero attached hydrogens (tertiary/aromatic N) is 5. The Morgan fingerprint density at radius 2 is 1.89 bits per heavy atom. The summed E-state index contributed by atoms with van der Waals surface area (Å²) >= 11 is 0. The molecule has 1 aromatic heterocycles. The Bertz CT molecular complexity index is 1010. The first-order valence-corrected chi connectivity index (χ1v) is 8.31. The van der Waals surface area contributed by atoms with Crippen molar-refractivity contribution in [3.8, 4) is 22.7 Å². The van der Waals surface area contributed by atoms with E-state index in [-0.39, 0.29) is 5.69 Å². The normalized spacial score (nSPS) is 13.1. The molecule has 4 rings (SSSR count). The van der Waals surface area contributed by atoms with Crippen LogP contribution in [0.5, 0.6) is 5.75 Å². The van der Waals surface area contributed by atoms with Crippen molar-refractivity contribution in [3.63, 3.8) is 0 Å². The maximum atomic E-state index is 10.9. The van der Waals surface area contributed by atoms with Crippen LogP contribution in [0.1, 0.15) is 5.69 Å². The fourth-order valence-electron chi connectivity index (χ4n) is 2.90. The van der Waals surface area contributed by atoms with Gasteiger partial charge in [-0.3, -0.25) is 15.1 Å². The molecular weight excluding hydrogens is 348 g/mol. The molecule has 27 heavy (non-hydrogen) atoms. The van der Waals surface area contributed by atoms with Crippen molar-refractivity contribution in [1.29, 1.82) is 0 Å². The minimum Gasteiger partial charge on any atom is -0.497 e. The number of aliphatic imine (C=N–C) groups is 1. The van der Waals surface area contributed by atoms with Crippen LogP contribution in [0.3, 0.4) is 0 Å². The predicted molar refractivity (Wildman–Crippen MR) is 99.4 cm³/mol. The van der Waals surface area contributed by atoms with Gasteiger partial charge >= 0.3 is 0 Å². The van der Waals surface area contributed by atoms with Gasteiger partial charge in [0.05, 0.1) is 24.3 Å². The standard InChI is InChI=1S/C18H16N6O3/c1-27-15-8-2-12(3-9-15)17-16(18-19-10-11-20-18)21-22-23(17)13-4-6-14(7-5-13)24(25)26/h2-9H,10-11H2,1H3,(H,19,20). The molecule has 0 amide bonds. The number of nitro groups is 1. The molecule has 0 radical (unpaired) electrons. The monoisotopic (exact) mass is 364 g/mol. The van der Waals surface area contributed by atoms with Crippen molar-refractivity contribution in [2.24, 2.45) is 4.99 Å². The maximum absolute atomic E-state index is 10.9. The fraction of sp³-hybridized carbons (Fsp3) is 0.167. The number of hydrogen-bond acceptors (Lipinski definition) is 7. The summed E-state index contributed by atoms with van der Waals surface area (Å²) in [5.74, 6) is 1.43. The number of aromatic nitrogens is 3. The van der Waals surface area contributed by atoms with Gasteiger partial charge in [-0.1, -0.05) is 5.21 Å². The third-order valence-electron chi connectivity index (χ3n) is 4.24. The van der Waals surface area contributed by atoms with E-state index in [2.05, 4.69) is 20.6 Å². The molecule has 2 aromatic carbocycles. The van der Waals surface area contributed by atoms with E-state index in [1.165, 1.54) is 12.1 Å². The van der Waals surface area contributed by atoms with E-state index >= 15 is 0 Å². The lowest BCUT2D eigenvalue weighted by atomic mass is 10.1. The molecule has 1 aliphatic heterocycles. The van der Waals surface area contributed by atoms with Crippen molar-refractivity contribution in [2.45, 2.75) is 0 Å². The Labute approximate surface area is 154 Å². The number of methoxy groups -OCH3 is 1. The first kappa shape index (κ1) is 16.7. The Kier molecular flexibility index (Phi) is 4.25. The summed E-state index contributed by atoms with van der Waals surface area (Å²) in [7, 11) is 1.61. The molecule has 0 saturated carbocycles. The molecule has 1 N–H and O–H groups in total. The molecule has 3 aromatic rings. The number of non-ortho nitro benzene ring substituents is 1. The highest BCUT2D eigenvalue weighted by atomic mass is 16.6. The smallest absolute Gasteiger partial charge is 0.269 e. The number of ether oxygens (including phenoxy) is 1. The molecule has 136 valence electrons. The number of benzene rings is 2. The van der Waals surface area contributed by atoms with Crippen LogP contribution in [-0.2, 0) is 0 Å². The zero-order valence-corrected chi connectivity index (χ0v) is 14.5. The summed E-state index contributed by atoms with van der Waals surface area (Å²) < 4.78 is 6.89. The Morgan fingerprint density at radius 1 is 1.15 bits per heavy atom. The Balaban J connectivity index is 1.84. The average Bonchev–Trinajstić information content (AvgIpc) is 3.37. The highest BCUT2D eigenvalue weighted by Gasteiger charge is 2.22. The van der Waals surface area contributed by atoms with E-state index in [1.807, 2.05) is 24.3 Å². The lowest BCUT2D eigenvalue weighted by Crippen LogP contribution is -2.20. The Morgan fingerprint density at radius 3 is 2.48 bits per heavy atom. The summed E-state index contributed by atoms with van der Waals surface area (Å²) in [6.45, 7) is 1.43. The molecule has 0 aliphatic carbocycles. The highest BCUT2D eigenvalue weighted by Crippen LogP contribution is 2.28. The van der Waals surface area contributed by atoms with Crippen molar-refractivity contribution in [2.75, 3.05) is 20.2 Å². The second-order valence-electron chi connectivity index (χ2n) is 5.86. The van der Waals surface area contributed by atoms with Gasteiger partial charge in [0.15, 0.2) is 11.5 Å². The molecule has 9 heteroatoms. The van der Waals surface area contributed by atoms with Gasteiger partial charge in [0.1, 0.15) is 11.4 Å². The molecule has 0 spiro atoms. The van der Waals surface area contributed by atoms with Gasteiger partial charge in [0.2, 0.25) is 0 Å². The summed E-state index contributed by atoms with van der Waals surface area (Å²) in [6, 6.07) is 13.7. The van der Waals surface area contributed by atoms with Crippen LogP contribution >= 0.6 is 0 Å². The van der Waals surface area contributed by atoms with Gasteiger partial charge < -0.3 is 10.1 Å². The highest BCUT2D eigenvalue weighted by molar-refractivity contribution is 6.03. The first-order valence-electron chi connectivity index (χ1n) is 8.31. The molecule has 1 aliphatic rings. The molecule has 0 atom stereocenters. The lowest BCUT2D eigenvalue weighted by Gasteiger charge is -2.09. The first-order chi connectivity index (χ1) is 13.2. The van der Waals surface area contributed by atoms with Gasteiger partial charge in [0.25, 0.3) is 5.69 Å². The number of hydrogen-bond donors (Lipinski definition) is 1. The zero-order chi connectivity index (χ0) is 18.8. The van der Waals surface area contributed by atoms with Crippen LogP contribution in [0.15, 0.2) is 53.5 Å². The van der Waals surface area contributed by atoms with E-state index in [0.717, 1.165) is 23.6 Å². The van der Waals surface area contributed by atoms with Gasteiger partial charge in [-0.15, -0.1) is 5.10 Å². The van der Waals surface area contributed by atoms with Crippen molar-refractivity contribution in [1.82, 2.24) is 20.3 Å². The van der Waals surface area contributed by atoms with Crippen LogP contribution in [0.2, 0.25) is 0 Å². The number of nitrogens with one attached hydrogen (secondary N) is 1. The van der Waals surface area contributed by atoms with Crippen LogP contribution < -0.4 is 10.1 Å². The molecule has 2 heterocycles. The van der Waals surface area contributed by atoms with E-state index in [4.69, 9.17) is 4.74 Å². The van der Waals surface area contributed by atoms with Crippen molar-refractivity contribution < 1.29 is 9.66 Å². The van der Waals surface area contributed by atoms with Gasteiger partial charge in [-0.05, 0) is 36.4 Å². The van der Waals surface area contributed by atoms with Crippen LogP contribution in [0, 0.1) is 10.1 Å². The van der Waals surface area contributed by atoms with Crippen LogP contribution in [-0.4, -0.2) is 46.0 Å². The lowest BCUT2D eigenvalue weighted by molar-refractivity contribution is -0.384. The van der Waals surface area contributed by atoms with Crippen LogP contribution in [0.25, 0.3) is 16.9 Å². The molecule has 0 saturated heterocycles. The van der Waals surface area contributed by atoms with Crippen LogP contribution in [0.4, 0.5) is 5.69 Å². The summed E-state index contributed by atoms with van der Waals surface area (Å²) in [4.78, 5) is 14.9. The number of amidine groups is 1. The second kappa shape index (κ2) is 6.87. The van der Waals surface area contributed by atoms with Gasteiger partial charge in [-0.25, -0.2) is 4.68 Å². The quantitative estimate of drug-likeness (QED) is 0.549. The van der Waals surface area contributed by atoms with E-state index < -0.39 is 4.92 Å². The van der Waals surface area contributed by atoms with Gasteiger partial charge in [-0.2, -0.15) is 0 Å². The topological polar surface area (TPSA) is 107 Å².